The van der Waals surface area contributed by atoms with Gasteiger partial charge in [-0.25, -0.2) is 0 Å². The number of nitrogens with zero attached hydrogens (tertiary/aromatic N) is 1. The lowest BCUT2D eigenvalue weighted by atomic mass is 9.48. The zero-order valence-electron chi connectivity index (χ0n) is 15.6. The first kappa shape index (κ1) is 17.1. The SMILES string of the molecule is C=CCN1CC[C@]23c4c5ccc(O)c4O[C@H]2[C@H](NC(C)=O)CC[C@@]3(O)[C@H]1C5. The van der Waals surface area contributed by atoms with E-state index >= 15 is 0 Å². The van der Waals surface area contributed by atoms with Crippen molar-refractivity contribution in [1.29, 1.82) is 0 Å². The average molecular weight is 370 g/mol. The monoisotopic (exact) mass is 370 g/mol. The number of ether oxygens (including phenoxy) is 1. The molecule has 1 saturated carbocycles. The number of benzene rings is 1. The second-order valence-electron chi connectivity index (χ2n) is 8.48. The fraction of sp³-hybridized carbons (Fsp3) is 0.571. The van der Waals surface area contributed by atoms with Gasteiger partial charge < -0.3 is 20.3 Å². The summed E-state index contributed by atoms with van der Waals surface area (Å²) in [5.74, 6) is 0.527. The van der Waals surface area contributed by atoms with E-state index in [1.54, 1.807) is 6.07 Å². The number of likely N-dealkylation sites (tertiary alicyclic amines) is 1. The molecule has 0 radical (unpaired) electrons. The molecular formula is C21H26N2O4. The van der Waals surface area contributed by atoms with Gasteiger partial charge in [0, 0.05) is 25.1 Å². The third-order valence-electron chi connectivity index (χ3n) is 7.33. The summed E-state index contributed by atoms with van der Waals surface area (Å²) in [6.07, 6.45) is 4.25. The quantitative estimate of drug-likeness (QED) is 0.698. The molecule has 1 saturated heterocycles. The Morgan fingerprint density at radius 2 is 2.30 bits per heavy atom. The Morgan fingerprint density at radius 1 is 1.48 bits per heavy atom. The second-order valence-corrected chi connectivity index (χ2v) is 8.48. The molecule has 2 aliphatic heterocycles. The van der Waals surface area contributed by atoms with E-state index in [0.29, 0.717) is 18.6 Å². The highest BCUT2D eigenvalue weighted by Gasteiger charge is 2.72. The number of hydrogen-bond acceptors (Lipinski definition) is 5. The fourth-order valence-corrected chi connectivity index (χ4v) is 6.42. The summed E-state index contributed by atoms with van der Waals surface area (Å²) < 4.78 is 6.32. The van der Waals surface area contributed by atoms with E-state index in [2.05, 4.69) is 16.8 Å². The minimum atomic E-state index is -0.945. The van der Waals surface area contributed by atoms with Crippen LogP contribution in [-0.2, 0) is 16.6 Å². The summed E-state index contributed by atoms with van der Waals surface area (Å²) >= 11 is 0. The Bertz CT molecular complexity index is 840. The van der Waals surface area contributed by atoms with Gasteiger partial charge in [0.2, 0.25) is 5.91 Å². The number of hydrogen-bond donors (Lipinski definition) is 3. The zero-order valence-corrected chi connectivity index (χ0v) is 15.6. The Morgan fingerprint density at radius 3 is 3.04 bits per heavy atom. The van der Waals surface area contributed by atoms with Crippen molar-refractivity contribution >= 4 is 5.91 Å². The third-order valence-corrected chi connectivity index (χ3v) is 7.33. The highest BCUT2D eigenvalue weighted by molar-refractivity contribution is 5.73. The zero-order chi connectivity index (χ0) is 19.0. The van der Waals surface area contributed by atoms with Gasteiger partial charge in [-0.3, -0.25) is 9.69 Å². The van der Waals surface area contributed by atoms with E-state index in [-0.39, 0.29) is 29.8 Å². The molecule has 2 fully saturated rings. The molecule has 1 amide bonds. The predicted molar refractivity (Wildman–Crippen MR) is 99.9 cm³/mol. The molecule has 2 heterocycles. The molecule has 6 heteroatoms. The van der Waals surface area contributed by atoms with Crippen molar-refractivity contribution in [1.82, 2.24) is 10.2 Å². The largest absolute Gasteiger partial charge is 0.504 e. The maximum absolute atomic E-state index is 12.1. The lowest BCUT2D eigenvalue weighted by Crippen LogP contribution is -2.78. The van der Waals surface area contributed by atoms with Crippen molar-refractivity contribution in [3.63, 3.8) is 0 Å². The van der Waals surface area contributed by atoms with Gasteiger partial charge in [-0.05, 0) is 43.9 Å². The van der Waals surface area contributed by atoms with Crippen LogP contribution in [0.1, 0.15) is 37.3 Å². The number of phenols is 1. The number of carbonyl (C=O) groups excluding carboxylic acids is 1. The molecule has 0 unspecified atom stereocenters. The normalized spacial score (nSPS) is 38.7. The van der Waals surface area contributed by atoms with Crippen LogP contribution in [0.15, 0.2) is 24.8 Å². The van der Waals surface area contributed by atoms with Gasteiger partial charge in [-0.15, -0.1) is 6.58 Å². The van der Waals surface area contributed by atoms with Crippen molar-refractivity contribution in [3.05, 3.63) is 35.9 Å². The van der Waals surface area contributed by atoms with Crippen LogP contribution in [0.3, 0.4) is 0 Å². The van der Waals surface area contributed by atoms with Crippen LogP contribution in [0.2, 0.25) is 0 Å². The average Bonchev–Trinajstić information content (AvgIpc) is 2.97. The van der Waals surface area contributed by atoms with Gasteiger partial charge in [0.25, 0.3) is 0 Å². The van der Waals surface area contributed by atoms with E-state index < -0.39 is 11.0 Å². The van der Waals surface area contributed by atoms with Gasteiger partial charge in [-0.2, -0.15) is 0 Å². The van der Waals surface area contributed by atoms with Crippen molar-refractivity contribution in [2.24, 2.45) is 0 Å². The lowest BCUT2D eigenvalue weighted by Gasteiger charge is -2.64. The first-order valence-electron chi connectivity index (χ1n) is 9.79. The number of carbonyl (C=O) groups is 1. The van der Waals surface area contributed by atoms with Gasteiger partial charge in [-0.1, -0.05) is 12.1 Å². The van der Waals surface area contributed by atoms with Crippen molar-refractivity contribution in [3.8, 4) is 11.5 Å². The number of rotatable bonds is 3. The topological polar surface area (TPSA) is 82.0 Å². The first-order valence-corrected chi connectivity index (χ1v) is 9.79. The van der Waals surface area contributed by atoms with Gasteiger partial charge in [0.1, 0.15) is 6.10 Å². The smallest absolute Gasteiger partial charge is 0.217 e. The van der Waals surface area contributed by atoms with Crippen LogP contribution in [0, 0.1) is 0 Å². The summed E-state index contributed by atoms with van der Waals surface area (Å²) in [7, 11) is 0. The molecule has 1 spiro atoms. The summed E-state index contributed by atoms with van der Waals surface area (Å²) in [6.45, 7) is 6.97. The molecule has 2 bridgehead atoms. The van der Waals surface area contributed by atoms with Gasteiger partial charge in [0.05, 0.1) is 17.1 Å². The highest BCUT2D eigenvalue weighted by atomic mass is 16.5. The van der Waals surface area contributed by atoms with Crippen LogP contribution in [-0.4, -0.2) is 57.9 Å². The standard InChI is InChI=1S/C21H26N2O4/c1-3-9-23-10-8-20-17-13-4-5-15(25)18(17)27-19(20)14(22-12(2)24)6-7-21(20,26)16(23)11-13/h3-5,14,16,19,25-26H,1,6-11H2,2H3,(H,22,24)/t14-,16-,19+,20+,21-/m1/s1. The Labute approximate surface area is 158 Å². The van der Waals surface area contributed by atoms with Gasteiger partial charge in [0.15, 0.2) is 11.5 Å². The van der Waals surface area contributed by atoms with E-state index in [1.807, 2.05) is 12.1 Å². The molecule has 3 N–H and O–H groups in total. The maximum atomic E-state index is 12.1. The molecule has 6 nitrogen and oxygen atoms in total. The third kappa shape index (κ3) is 1.95. The number of aliphatic hydroxyl groups is 1. The number of phenolic OH excluding ortho intramolecular Hbond substituents is 1. The number of nitrogens with one attached hydrogen (secondary N) is 1. The molecule has 4 aliphatic rings. The van der Waals surface area contributed by atoms with Crippen LogP contribution in [0.5, 0.6) is 11.5 Å². The van der Waals surface area contributed by atoms with E-state index in [0.717, 1.165) is 37.1 Å². The van der Waals surface area contributed by atoms with Crippen LogP contribution in [0.4, 0.5) is 0 Å². The second kappa shape index (κ2) is 5.49. The number of amides is 1. The molecule has 1 aromatic rings. The molecule has 5 atom stereocenters. The van der Waals surface area contributed by atoms with Crippen molar-refractivity contribution in [2.75, 3.05) is 13.1 Å². The molecule has 144 valence electrons. The first-order chi connectivity index (χ1) is 12.9. The Hall–Kier alpha value is -2.05. The predicted octanol–water partition coefficient (Wildman–Crippen LogP) is 1.24. The maximum Gasteiger partial charge on any atom is 0.217 e. The van der Waals surface area contributed by atoms with E-state index in [4.69, 9.17) is 4.74 Å². The molecule has 27 heavy (non-hydrogen) atoms. The van der Waals surface area contributed by atoms with Crippen molar-refractivity contribution in [2.45, 2.75) is 61.8 Å². The van der Waals surface area contributed by atoms with Crippen molar-refractivity contribution < 1.29 is 19.7 Å². The molecule has 0 aromatic heterocycles. The molecule has 1 aromatic carbocycles. The Kier molecular flexibility index (Phi) is 3.47. The summed E-state index contributed by atoms with van der Waals surface area (Å²) in [5.41, 5.74) is 0.569. The minimum Gasteiger partial charge on any atom is -0.504 e. The minimum absolute atomic E-state index is 0.0170. The van der Waals surface area contributed by atoms with Crippen LogP contribution in [0.25, 0.3) is 0 Å². The number of aromatic hydroxyl groups is 1. The van der Waals surface area contributed by atoms with E-state index in [9.17, 15) is 15.0 Å². The van der Waals surface area contributed by atoms with Gasteiger partial charge >= 0.3 is 0 Å². The molecule has 5 rings (SSSR count). The summed E-state index contributed by atoms with van der Waals surface area (Å²) in [6, 6.07) is 3.46. The fourth-order valence-electron chi connectivity index (χ4n) is 6.42. The van der Waals surface area contributed by atoms with E-state index in [1.165, 1.54) is 6.92 Å². The summed E-state index contributed by atoms with van der Waals surface area (Å²) in [4.78, 5) is 14.1. The highest BCUT2D eigenvalue weighted by Crippen LogP contribution is 2.65. The van der Waals surface area contributed by atoms with Crippen LogP contribution < -0.4 is 10.1 Å². The molecular weight excluding hydrogens is 344 g/mol. The lowest BCUT2D eigenvalue weighted by molar-refractivity contribution is -0.189. The Balaban J connectivity index is 1.72. The summed E-state index contributed by atoms with van der Waals surface area (Å²) in [5, 5.41) is 25.6. The molecule has 2 aliphatic carbocycles. The number of piperidine rings is 1. The van der Waals surface area contributed by atoms with Crippen LogP contribution >= 0.6 is 0 Å².